The second kappa shape index (κ2) is 3.60. The lowest BCUT2D eigenvalue weighted by molar-refractivity contribution is 0.487. The van der Waals surface area contributed by atoms with Gasteiger partial charge in [-0.2, -0.15) is 5.10 Å². The summed E-state index contributed by atoms with van der Waals surface area (Å²) in [6.07, 6.45) is 4.70. The van der Waals surface area contributed by atoms with Crippen molar-refractivity contribution in [1.29, 1.82) is 0 Å². The maximum atomic E-state index is 5.50. The number of rotatable bonds is 3. The molecule has 0 fully saturated rings. The van der Waals surface area contributed by atoms with Crippen molar-refractivity contribution in [3.8, 4) is 0 Å². The summed E-state index contributed by atoms with van der Waals surface area (Å²) in [5.41, 5.74) is 0.744. The zero-order chi connectivity index (χ0) is 8.27. The number of aryl methyl sites for hydroxylation is 1. The van der Waals surface area contributed by atoms with E-state index in [0.29, 0.717) is 0 Å². The van der Waals surface area contributed by atoms with Gasteiger partial charge in [0.15, 0.2) is 0 Å². The topological polar surface area (TPSA) is 17.8 Å². The van der Waals surface area contributed by atoms with Crippen molar-refractivity contribution in [1.82, 2.24) is 9.78 Å². The highest BCUT2D eigenvalue weighted by Gasteiger charge is 1.95. The lowest BCUT2D eigenvalue weighted by Crippen LogP contribution is -2.03. The second-order valence-corrected chi connectivity index (χ2v) is 3.22. The summed E-state index contributed by atoms with van der Waals surface area (Å²) in [6, 6.07) is 0. The molecule has 0 aliphatic heterocycles. The lowest BCUT2D eigenvalue weighted by atomic mass is 10.0. The van der Waals surface area contributed by atoms with Crippen LogP contribution < -0.4 is 5.46 Å². The highest BCUT2D eigenvalue weighted by Crippen LogP contribution is 2.00. The summed E-state index contributed by atoms with van der Waals surface area (Å²) in [5.74, 6) is 0.723. The Morgan fingerprint density at radius 3 is 2.82 bits per heavy atom. The Bertz CT molecular complexity index is 218. The van der Waals surface area contributed by atoms with Crippen LogP contribution in [0.5, 0.6) is 0 Å². The van der Waals surface area contributed by atoms with Gasteiger partial charge in [-0.25, -0.2) is 0 Å². The minimum Gasteiger partial charge on any atom is -0.273 e. The van der Waals surface area contributed by atoms with E-state index in [1.54, 1.807) is 6.20 Å². The molecule has 0 aliphatic rings. The van der Waals surface area contributed by atoms with E-state index in [0.717, 1.165) is 24.3 Å². The van der Waals surface area contributed by atoms with Crippen molar-refractivity contribution in [2.24, 2.45) is 5.92 Å². The second-order valence-electron chi connectivity index (χ2n) is 3.22. The minimum absolute atomic E-state index is 0.723. The molecule has 0 unspecified atom stereocenters. The molecule has 0 saturated carbocycles. The van der Waals surface area contributed by atoms with E-state index in [1.165, 1.54) is 0 Å². The fourth-order valence-corrected chi connectivity index (χ4v) is 0.892. The molecule has 0 amide bonds. The largest absolute Gasteiger partial charge is 0.273 e. The van der Waals surface area contributed by atoms with Gasteiger partial charge in [-0.3, -0.25) is 4.68 Å². The molecule has 11 heavy (non-hydrogen) atoms. The van der Waals surface area contributed by atoms with E-state index in [4.69, 9.17) is 7.85 Å². The van der Waals surface area contributed by atoms with E-state index >= 15 is 0 Å². The van der Waals surface area contributed by atoms with Crippen molar-refractivity contribution in [2.45, 2.75) is 26.8 Å². The molecule has 2 radical (unpaired) electrons. The minimum atomic E-state index is 0.723. The molecule has 0 N–H and O–H groups in total. The molecule has 1 heterocycles. The fourth-order valence-electron chi connectivity index (χ4n) is 0.892. The molecule has 1 aromatic heterocycles. The Hall–Kier alpha value is -0.725. The maximum absolute atomic E-state index is 5.50. The first-order valence-electron chi connectivity index (χ1n) is 3.96. The van der Waals surface area contributed by atoms with Gasteiger partial charge in [-0.05, 0) is 12.3 Å². The molecule has 0 bridgehead atoms. The van der Waals surface area contributed by atoms with E-state index in [-0.39, 0.29) is 0 Å². The predicted molar refractivity (Wildman–Crippen MR) is 47.1 cm³/mol. The summed E-state index contributed by atoms with van der Waals surface area (Å²) in [5, 5.41) is 4.08. The summed E-state index contributed by atoms with van der Waals surface area (Å²) in [4.78, 5) is 0. The zero-order valence-corrected chi connectivity index (χ0v) is 7.12. The summed E-state index contributed by atoms with van der Waals surface area (Å²) < 4.78 is 1.88. The summed E-state index contributed by atoms with van der Waals surface area (Å²) >= 11 is 0. The van der Waals surface area contributed by atoms with Crippen LogP contribution in [0.1, 0.15) is 20.3 Å². The van der Waals surface area contributed by atoms with Crippen LogP contribution in [0.4, 0.5) is 0 Å². The van der Waals surface area contributed by atoms with Crippen molar-refractivity contribution < 1.29 is 0 Å². The summed E-state index contributed by atoms with van der Waals surface area (Å²) in [6.45, 7) is 5.37. The Kier molecular flexibility index (Phi) is 2.74. The van der Waals surface area contributed by atoms with Crippen LogP contribution in [0.25, 0.3) is 0 Å². The van der Waals surface area contributed by atoms with Gasteiger partial charge in [-0.1, -0.05) is 19.3 Å². The van der Waals surface area contributed by atoms with E-state index < -0.39 is 0 Å². The molecular weight excluding hydrogens is 135 g/mol. The van der Waals surface area contributed by atoms with Crippen molar-refractivity contribution in [2.75, 3.05) is 0 Å². The SMILES string of the molecule is [B]c1cnn(CCC(C)C)c1. The third kappa shape index (κ3) is 2.79. The quantitative estimate of drug-likeness (QED) is 0.577. The predicted octanol–water partition coefficient (Wildman–Crippen LogP) is 0.723. The number of aromatic nitrogens is 2. The molecule has 0 aromatic carbocycles. The average Bonchev–Trinajstić information content (AvgIpc) is 2.31. The smallest absolute Gasteiger partial charge is 0.118 e. The molecule has 0 saturated heterocycles. The normalized spacial score (nSPS) is 10.8. The Morgan fingerprint density at radius 2 is 2.36 bits per heavy atom. The number of nitrogens with zero attached hydrogens (tertiary/aromatic N) is 2. The van der Waals surface area contributed by atoms with Gasteiger partial charge < -0.3 is 0 Å². The highest BCUT2D eigenvalue weighted by molar-refractivity contribution is 6.31. The van der Waals surface area contributed by atoms with Crippen molar-refractivity contribution >= 4 is 13.3 Å². The first kappa shape index (κ1) is 8.37. The van der Waals surface area contributed by atoms with Gasteiger partial charge in [0.25, 0.3) is 0 Å². The van der Waals surface area contributed by atoms with Crippen molar-refractivity contribution in [3.63, 3.8) is 0 Å². The molecule has 3 heteroatoms. The number of hydrogen-bond donors (Lipinski definition) is 0. The van der Waals surface area contributed by atoms with Crippen LogP contribution in [-0.2, 0) is 6.54 Å². The standard InChI is InChI=1S/C8H13BN2/c1-7(2)3-4-11-6-8(9)5-10-11/h5-7H,3-4H2,1-2H3. The van der Waals surface area contributed by atoms with Crippen molar-refractivity contribution in [3.05, 3.63) is 12.4 Å². The van der Waals surface area contributed by atoms with Crippen LogP contribution in [-0.4, -0.2) is 17.6 Å². The molecule has 2 nitrogen and oxygen atoms in total. The fraction of sp³-hybridized carbons (Fsp3) is 0.625. The molecule has 1 rings (SSSR count). The molecule has 1 aromatic rings. The van der Waals surface area contributed by atoms with Gasteiger partial charge >= 0.3 is 0 Å². The van der Waals surface area contributed by atoms with Crippen LogP contribution in [0, 0.1) is 5.92 Å². The monoisotopic (exact) mass is 148 g/mol. The molecule has 0 aliphatic carbocycles. The summed E-state index contributed by atoms with van der Waals surface area (Å²) in [7, 11) is 5.50. The van der Waals surface area contributed by atoms with Crippen LogP contribution in [0.2, 0.25) is 0 Å². The average molecular weight is 148 g/mol. The van der Waals surface area contributed by atoms with E-state index in [1.807, 2.05) is 10.9 Å². The molecule has 0 spiro atoms. The number of hydrogen-bond acceptors (Lipinski definition) is 1. The van der Waals surface area contributed by atoms with E-state index in [2.05, 4.69) is 18.9 Å². The van der Waals surface area contributed by atoms with Crippen LogP contribution in [0.15, 0.2) is 12.4 Å². The third-order valence-electron chi connectivity index (χ3n) is 1.59. The Labute approximate surface area is 69.0 Å². The first-order chi connectivity index (χ1) is 5.18. The van der Waals surface area contributed by atoms with Gasteiger partial charge in [0, 0.05) is 18.9 Å². The Balaban J connectivity index is 2.39. The van der Waals surface area contributed by atoms with Gasteiger partial charge in [0.2, 0.25) is 0 Å². The lowest BCUT2D eigenvalue weighted by Gasteiger charge is -2.03. The first-order valence-corrected chi connectivity index (χ1v) is 3.96. The highest BCUT2D eigenvalue weighted by atomic mass is 15.3. The molecule has 58 valence electrons. The maximum Gasteiger partial charge on any atom is 0.118 e. The zero-order valence-electron chi connectivity index (χ0n) is 7.12. The van der Waals surface area contributed by atoms with E-state index in [9.17, 15) is 0 Å². The molecular formula is C8H13BN2. The third-order valence-corrected chi connectivity index (χ3v) is 1.59. The van der Waals surface area contributed by atoms with Gasteiger partial charge in [0.05, 0.1) is 0 Å². The van der Waals surface area contributed by atoms with Gasteiger partial charge in [-0.15, -0.1) is 0 Å². The van der Waals surface area contributed by atoms with Crippen LogP contribution in [0.3, 0.4) is 0 Å². The Morgan fingerprint density at radius 1 is 1.64 bits per heavy atom. The molecule has 0 atom stereocenters. The van der Waals surface area contributed by atoms with Crippen LogP contribution >= 0.6 is 0 Å². The van der Waals surface area contributed by atoms with Gasteiger partial charge in [0.1, 0.15) is 7.85 Å².